The number of benzene rings is 3. The van der Waals surface area contributed by atoms with Gasteiger partial charge in [0.25, 0.3) is 0 Å². The van der Waals surface area contributed by atoms with E-state index in [0.717, 1.165) is 34.5 Å². The van der Waals surface area contributed by atoms with Crippen LogP contribution in [0.15, 0.2) is 84.0 Å². The first-order valence-electron chi connectivity index (χ1n) is 10.9. The van der Waals surface area contributed by atoms with Crippen molar-refractivity contribution in [3.8, 4) is 0 Å². The molecule has 0 spiro atoms. The molecule has 1 aliphatic rings. The maximum Gasteiger partial charge on any atom is 0.227 e. The van der Waals surface area contributed by atoms with Gasteiger partial charge in [0.1, 0.15) is 0 Å². The fourth-order valence-electron chi connectivity index (χ4n) is 4.43. The molecule has 5 rings (SSSR count). The summed E-state index contributed by atoms with van der Waals surface area (Å²) < 4.78 is 0. The van der Waals surface area contributed by atoms with E-state index in [4.69, 9.17) is 10.4 Å². The lowest BCUT2D eigenvalue weighted by molar-refractivity contribution is 0.847. The van der Waals surface area contributed by atoms with Crippen molar-refractivity contribution in [1.29, 1.82) is 5.41 Å². The summed E-state index contributed by atoms with van der Waals surface area (Å²) >= 11 is 0. The zero-order valence-corrected chi connectivity index (χ0v) is 18.0. The highest BCUT2D eigenvalue weighted by Gasteiger charge is 2.31. The fourth-order valence-corrected chi connectivity index (χ4v) is 4.43. The van der Waals surface area contributed by atoms with Gasteiger partial charge in [-0.1, -0.05) is 66.7 Å². The van der Waals surface area contributed by atoms with Crippen molar-refractivity contribution in [1.82, 2.24) is 9.97 Å². The molecule has 158 valence electrons. The van der Waals surface area contributed by atoms with Gasteiger partial charge in [0.05, 0.1) is 11.6 Å². The van der Waals surface area contributed by atoms with Gasteiger partial charge in [0.2, 0.25) is 5.95 Å². The summed E-state index contributed by atoms with van der Waals surface area (Å²) in [5, 5.41) is 14.4. The summed E-state index contributed by atoms with van der Waals surface area (Å²) in [6, 6.07) is 24.7. The van der Waals surface area contributed by atoms with Gasteiger partial charge < -0.3 is 10.7 Å². The highest BCUT2D eigenvalue weighted by molar-refractivity contribution is 6.12. The normalized spacial score (nSPS) is 16.1. The number of hydrogen-bond donors (Lipinski definition) is 2. The smallest absolute Gasteiger partial charge is 0.227 e. The fraction of sp³-hybridized carbons (Fsp3) is 0.185. The lowest BCUT2D eigenvalue weighted by Gasteiger charge is -2.27. The molecule has 1 atom stereocenters. The Hall–Kier alpha value is -3.86. The van der Waals surface area contributed by atoms with Crippen molar-refractivity contribution < 1.29 is 0 Å². The second kappa shape index (κ2) is 8.71. The van der Waals surface area contributed by atoms with Crippen LogP contribution in [0, 0.1) is 5.41 Å². The molecule has 1 unspecified atom stereocenters. The average Bonchev–Trinajstić information content (AvgIpc) is 2.84. The number of anilines is 2. The number of hydrogen-bond acceptors (Lipinski definition) is 5. The number of fused-ring (bicyclic) bond motifs is 2. The molecule has 5 heteroatoms. The Labute approximate surface area is 187 Å². The quantitative estimate of drug-likeness (QED) is 0.405. The minimum absolute atomic E-state index is 0.208. The number of nitrogens with one attached hydrogen (secondary N) is 2. The Morgan fingerprint density at radius 1 is 1.00 bits per heavy atom. The maximum absolute atomic E-state index is 8.71. The lowest BCUT2D eigenvalue weighted by atomic mass is 9.80. The van der Waals surface area contributed by atoms with Gasteiger partial charge in [-0.25, -0.2) is 9.97 Å². The van der Waals surface area contributed by atoms with E-state index in [1.807, 2.05) is 55.7 Å². The van der Waals surface area contributed by atoms with Crippen LogP contribution in [0.25, 0.3) is 10.8 Å². The molecular formula is C27H25N5. The van der Waals surface area contributed by atoms with Gasteiger partial charge in [-0.15, -0.1) is 0 Å². The van der Waals surface area contributed by atoms with E-state index in [0.29, 0.717) is 24.5 Å². The van der Waals surface area contributed by atoms with Crippen molar-refractivity contribution in [2.24, 2.45) is 4.99 Å². The van der Waals surface area contributed by atoms with Crippen LogP contribution < -0.4 is 5.32 Å². The average molecular weight is 420 g/mol. The second-order valence-corrected chi connectivity index (χ2v) is 8.09. The van der Waals surface area contributed by atoms with Crippen LogP contribution in [-0.2, 0) is 12.8 Å². The molecule has 0 fully saturated rings. The van der Waals surface area contributed by atoms with Gasteiger partial charge in [-0.2, -0.15) is 0 Å². The Morgan fingerprint density at radius 3 is 2.62 bits per heavy atom. The third-order valence-electron chi connectivity index (χ3n) is 6.07. The molecule has 1 aromatic heterocycles. The van der Waals surface area contributed by atoms with Crippen molar-refractivity contribution >= 4 is 33.8 Å². The molecule has 0 saturated heterocycles. The number of aromatic nitrogens is 2. The van der Waals surface area contributed by atoms with Crippen molar-refractivity contribution in [2.75, 3.05) is 12.4 Å². The maximum atomic E-state index is 8.71. The van der Waals surface area contributed by atoms with Gasteiger partial charge in [-0.05, 0) is 35.4 Å². The predicted octanol–water partition coefficient (Wildman–Crippen LogP) is 5.74. The van der Waals surface area contributed by atoms with Crippen LogP contribution in [0.4, 0.5) is 11.6 Å². The zero-order chi connectivity index (χ0) is 21.9. The summed E-state index contributed by atoms with van der Waals surface area (Å²) in [5.41, 5.74) is 5.80. The van der Waals surface area contributed by atoms with E-state index in [-0.39, 0.29) is 5.92 Å². The first-order chi connectivity index (χ1) is 15.7. The summed E-state index contributed by atoms with van der Waals surface area (Å²) in [6.07, 6.45) is 4.12. The van der Waals surface area contributed by atoms with Crippen LogP contribution in [0.2, 0.25) is 0 Å². The monoisotopic (exact) mass is 419 g/mol. The second-order valence-electron chi connectivity index (χ2n) is 8.09. The lowest BCUT2D eigenvalue weighted by Crippen LogP contribution is -2.30. The first kappa shape index (κ1) is 20.1. The topological polar surface area (TPSA) is 74.0 Å². The Kier molecular flexibility index (Phi) is 5.46. The molecule has 4 aromatic rings. The van der Waals surface area contributed by atoms with Gasteiger partial charge >= 0.3 is 0 Å². The molecule has 1 heterocycles. The molecule has 0 saturated carbocycles. The third kappa shape index (κ3) is 3.89. The summed E-state index contributed by atoms with van der Waals surface area (Å²) in [6.45, 7) is 0. The number of nitrogens with zero attached hydrogens (tertiary/aromatic N) is 3. The van der Waals surface area contributed by atoms with Gasteiger partial charge in [-0.3, -0.25) is 4.99 Å². The molecule has 2 N–H and O–H groups in total. The number of aryl methyl sites for hydroxylation is 1. The molecule has 1 aliphatic carbocycles. The van der Waals surface area contributed by atoms with Crippen LogP contribution in [0.5, 0.6) is 0 Å². The van der Waals surface area contributed by atoms with Crippen molar-refractivity contribution in [3.05, 3.63) is 95.8 Å². The molecule has 0 radical (unpaired) electrons. The molecule has 5 nitrogen and oxygen atoms in total. The summed E-state index contributed by atoms with van der Waals surface area (Å²) in [4.78, 5) is 14.1. The van der Waals surface area contributed by atoms with E-state index in [2.05, 4.69) is 45.6 Å². The molecular weight excluding hydrogens is 394 g/mol. The predicted molar refractivity (Wildman–Crippen MR) is 132 cm³/mol. The molecule has 0 aliphatic heterocycles. The SMILES string of the molecule is CN=C(Cc1ccccc1)C1C(=N)CCc2cnc(Nc3cccc4ccccc34)nc21. The van der Waals surface area contributed by atoms with E-state index in [1.54, 1.807) is 0 Å². The third-order valence-corrected chi connectivity index (χ3v) is 6.07. The van der Waals surface area contributed by atoms with E-state index in [1.165, 1.54) is 10.9 Å². The van der Waals surface area contributed by atoms with Crippen LogP contribution >= 0.6 is 0 Å². The molecule has 0 amide bonds. The number of aliphatic imine (C=N–C) groups is 1. The highest BCUT2D eigenvalue weighted by Crippen LogP contribution is 2.32. The highest BCUT2D eigenvalue weighted by atomic mass is 15.1. The standard InChI is InChI=1S/C27H25N5/c1-29-24(16-18-8-3-2-4-9-18)25-22(28)15-14-20-17-30-27(32-26(20)25)31-23-13-7-11-19-10-5-6-12-21(19)23/h2-13,17,25,28H,14-16H2,1H3,(H,30,31,32). The summed E-state index contributed by atoms with van der Waals surface area (Å²) in [5.74, 6) is 0.343. The van der Waals surface area contributed by atoms with Gasteiger partial charge in [0, 0.05) is 42.2 Å². The van der Waals surface area contributed by atoms with Crippen LogP contribution in [-0.4, -0.2) is 28.4 Å². The Morgan fingerprint density at radius 2 is 1.78 bits per heavy atom. The minimum atomic E-state index is -0.208. The molecule has 0 bridgehead atoms. The first-order valence-corrected chi connectivity index (χ1v) is 10.9. The zero-order valence-electron chi connectivity index (χ0n) is 18.0. The van der Waals surface area contributed by atoms with E-state index >= 15 is 0 Å². The van der Waals surface area contributed by atoms with E-state index < -0.39 is 0 Å². The molecule has 32 heavy (non-hydrogen) atoms. The van der Waals surface area contributed by atoms with Gasteiger partial charge in [0.15, 0.2) is 0 Å². The van der Waals surface area contributed by atoms with Crippen molar-refractivity contribution in [2.45, 2.75) is 25.2 Å². The Bertz CT molecular complexity index is 1300. The van der Waals surface area contributed by atoms with Crippen LogP contribution in [0.1, 0.15) is 29.2 Å². The summed E-state index contributed by atoms with van der Waals surface area (Å²) in [7, 11) is 1.82. The molecule has 3 aromatic carbocycles. The Balaban J connectivity index is 1.50. The van der Waals surface area contributed by atoms with E-state index in [9.17, 15) is 0 Å². The minimum Gasteiger partial charge on any atom is -0.324 e. The number of rotatable bonds is 5. The van der Waals surface area contributed by atoms with Crippen LogP contribution in [0.3, 0.4) is 0 Å². The largest absolute Gasteiger partial charge is 0.324 e. The van der Waals surface area contributed by atoms with Crippen molar-refractivity contribution in [3.63, 3.8) is 0 Å².